The fourth-order valence-electron chi connectivity index (χ4n) is 3.74. The van der Waals surface area contributed by atoms with Crippen LogP contribution in [0.25, 0.3) is 0 Å². The molecule has 0 amide bonds. The van der Waals surface area contributed by atoms with E-state index in [2.05, 4.69) is 17.9 Å². The maximum absolute atomic E-state index is 12.0. The number of hydrogen-bond donors (Lipinski definition) is 0. The van der Waals surface area contributed by atoms with Crippen LogP contribution in [-0.2, 0) is 4.79 Å². The molecule has 0 aromatic rings. The monoisotopic (exact) mass is 231 g/mol. The number of allylic oxidation sites excluding steroid dienone is 3. The first-order valence-corrected chi connectivity index (χ1v) is 7.02. The summed E-state index contributed by atoms with van der Waals surface area (Å²) in [6.45, 7) is 4.55. The van der Waals surface area contributed by atoms with Gasteiger partial charge in [0.2, 0.25) is 0 Å². The van der Waals surface area contributed by atoms with Gasteiger partial charge in [0.25, 0.3) is 0 Å². The van der Waals surface area contributed by atoms with Crippen LogP contribution < -0.4 is 0 Å². The molecule has 0 aromatic carbocycles. The first-order chi connectivity index (χ1) is 8.31. The molecule has 92 valence electrons. The lowest BCUT2D eigenvalue weighted by atomic mass is 9.69. The average Bonchev–Trinajstić information content (AvgIpc) is 2.36. The van der Waals surface area contributed by atoms with Crippen molar-refractivity contribution in [3.63, 3.8) is 0 Å². The van der Waals surface area contributed by atoms with Crippen molar-refractivity contribution in [2.24, 2.45) is 11.8 Å². The topological polar surface area (TPSA) is 20.3 Å². The zero-order valence-corrected chi connectivity index (χ0v) is 10.6. The molecule has 0 aromatic heterocycles. The third-order valence-corrected chi connectivity index (χ3v) is 4.49. The Morgan fingerprint density at radius 1 is 1.29 bits per heavy atom. The van der Waals surface area contributed by atoms with E-state index in [9.17, 15) is 4.79 Å². The largest absolute Gasteiger partial charge is 0.372 e. The minimum absolute atomic E-state index is 0.230. The van der Waals surface area contributed by atoms with Gasteiger partial charge in [0, 0.05) is 24.7 Å². The quantitative estimate of drug-likeness (QED) is 0.728. The van der Waals surface area contributed by atoms with Crippen molar-refractivity contribution in [3.8, 4) is 0 Å². The molecule has 3 rings (SSSR count). The van der Waals surface area contributed by atoms with Crippen LogP contribution in [0.4, 0.5) is 0 Å². The zero-order chi connectivity index (χ0) is 11.8. The first kappa shape index (κ1) is 11.1. The Kier molecular flexibility index (Phi) is 2.81. The number of ketones is 1. The SMILES string of the molecule is CCCN1CCC2CCCC3C(=O)C=CC1=C23. The lowest BCUT2D eigenvalue weighted by Gasteiger charge is -2.43. The number of carbonyl (C=O) groups is 1. The Balaban J connectivity index is 1.99. The van der Waals surface area contributed by atoms with Gasteiger partial charge in [-0.1, -0.05) is 13.3 Å². The highest BCUT2D eigenvalue weighted by Gasteiger charge is 2.38. The standard InChI is InChI=1S/C15H21NO/c1-2-9-16-10-8-11-4-3-5-12-14(17)7-6-13(16)15(11)12/h6-7,11-12H,2-5,8-10H2,1H3. The van der Waals surface area contributed by atoms with Gasteiger partial charge in [-0.15, -0.1) is 0 Å². The predicted octanol–water partition coefficient (Wildman–Crippen LogP) is 2.91. The molecule has 2 unspecified atom stereocenters. The van der Waals surface area contributed by atoms with Gasteiger partial charge in [-0.25, -0.2) is 0 Å². The second-order valence-corrected chi connectivity index (χ2v) is 5.53. The van der Waals surface area contributed by atoms with E-state index in [1.165, 1.54) is 43.5 Å². The molecule has 1 heterocycles. The molecular formula is C15H21NO. The molecule has 0 N–H and O–H groups in total. The second-order valence-electron chi connectivity index (χ2n) is 5.53. The number of nitrogens with zero attached hydrogens (tertiary/aromatic N) is 1. The fourth-order valence-corrected chi connectivity index (χ4v) is 3.74. The van der Waals surface area contributed by atoms with Gasteiger partial charge in [0.05, 0.1) is 0 Å². The summed E-state index contributed by atoms with van der Waals surface area (Å²) in [5.74, 6) is 1.28. The van der Waals surface area contributed by atoms with Crippen molar-refractivity contribution in [2.45, 2.75) is 39.0 Å². The average molecular weight is 231 g/mol. The summed E-state index contributed by atoms with van der Waals surface area (Å²) < 4.78 is 0. The van der Waals surface area contributed by atoms with Crippen molar-refractivity contribution in [2.75, 3.05) is 13.1 Å². The Labute approximate surface area is 103 Å². The van der Waals surface area contributed by atoms with Gasteiger partial charge in [-0.05, 0) is 49.3 Å². The van der Waals surface area contributed by atoms with E-state index in [1.54, 1.807) is 0 Å². The summed E-state index contributed by atoms with van der Waals surface area (Å²) in [4.78, 5) is 14.5. The molecule has 1 aliphatic heterocycles. The second kappa shape index (κ2) is 4.32. The molecule has 2 heteroatoms. The smallest absolute Gasteiger partial charge is 0.162 e. The summed E-state index contributed by atoms with van der Waals surface area (Å²) in [6, 6.07) is 0. The third kappa shape index (κ3) is 1.74. The highest BCUT2D eigenvalue weighted by molar-refractivity contribution is 5.96. The Bertz CT molecular complexity index is 394. The Morgan fingerprint density at radius 2 is 2.18 bits per heavy atom. The third-order valence-electron chi connectivity index (χ3n) is 4.49. The van der Waals surface area contributed by atoms with Gasteiger partial charge < -0.3 is 4.90 Å². The van der Waals surface area contributed by atoms with Crippen molar-refractivity contribution in [3.05, 3.63) is 23.4 Å². The number of hydrogen-bond acceptors (Lipinski definition) is 2. The Morgan fingerprint density at radius 3 is 3.00 bits per heavy atom. The molecule has 0 saturated heterocycles. The normalized spacial score (nSPS) is 31.8. The van der Waals surface area contributed by atoms with E-state index in [0.29, 0.717) is 11.7 Å². The molecule has 0 bridgehead atoms. The molecule has 2 aliphatic carbocycles. The highest BCUT2D eigenvalue weighted by Crippen LogP contribution is 2.44. The molecule has 2 nitrogen and oxygen atoms in total. The summed E-state index contributed by atoms with van der Waals surface area (Å²) in [6.07, 6.45) is 9.97. The molecule has 1 fully saturated rings. The predicted molar refractivity (Wildman–Crippen MR) is 68.5 cm³/mol. The van der Waals surface area contributed by atoms with Gasteiger partial charge in [-0.2, -0.15) is 0 Å². The van der Waals surface area contributed by atoms with E-state index in [4.69, 9.17) is 0 Å². The van der Waals surface area contributed by atoms with Crippen LogP contribution in [0.5, 0.6) is 0 Å². The maximum Gasteiger partial charge on any atom is 0.162 e. The number of rotatable bonds is 2. The van der Waals surface area contributed by atoms with Crippen LogP contribution in [0.2, 0.25) is 0 Å². The van der Waals surface area contributed by atoms with Crippen LogP contribution in [0.3, 0.4) is 0 Å². The van der Waals surface area contributed by atoms with Crippen LogP contribution in [0.1, 0.15) is 39.0 Å². The minimum atomic E-state index is 0.230. The molecule has 2 atom stereocenters. The maximum atomic E-state index is 12.0. The molecule has 17 heavy (non-hydrogen) atoms. The van der Waals surface area contributed by atoms with E-state index in [1.807, 2.05) is 6.08 Å². The van der Waals surface area contributed by atoms with Gasteiger partial charge in [0.1, 0.15) is 0 Å². The Hall–Kier alpha value is -1.05. The first-order valence-electron chi connectivity index (χ1n) is 7.02. The summed E-state index contributed by atoms with van der Waals surface area (Å²) in [5, 5.41) is 0. The lowest BCUT2D eigenvalue weighted by molar-refractivity contribution is -0.118. The summed E-state index contributed by atoms with van der Waals surface area (Å²) in [5.41, 5.74) is 2.89. The van der Waals surface area contributed by atoms with Crippen molar-refractivity contribution < 1.29 is 4.79 Å². The molecule has 1 saturated carbocycles. The van der Waals surface area contributed by atoms with E-state index in [-0.39, 0.29) is 5.92 Å². The van der Waals surface area contributed by atoms with E-state index < -0.39 is 0 Å². The van der Waals surface area contributed by atoms with E-state index >= 15 is 0 Å². The van der Waals surface area contributed by atoms with Gasteiger partial charge >= 0.3 is 0 Å². The van der Waals surface area contributed by atoms with Crippen LogP contribution >= 0.6 is 0 Å². The molecule has 0 spiro atoms. The van der Waals surface area contributed by atoms with Gasteiger partial charge in [-0.3, -0.25) is 4.79 Å². The van der Waals surface area contributed by atoms with Crippen molar-refractivity contribution in [1.29, 1.82) is 0 Å². The molecule has 0 radical (unpaired) electrons. The van der Waals surface area contributed by atoms with E-state index in [0.717, 1.165) is 13.0 Å². The van der Waals surface area contributed by atoms with Crippen LogP contribution in [0, 0.1) is 11.8 Å². The zero-order valence-electron chi connectivity index (χ0n) is 10.6. The highest BCUT2D eigenvalue weighted by atomic mass is 16.1. The van der Waals surface area contributed by atoms with Gasteiger partial charge in [0.15, 0.2) is 5.78 Å². The summed E-state index contributed by atoms with van der Waals surface area (Å²) >= 11 is 0. The lowest BCUT2D eigenvalue weighted by Crippen LogP contribution is -2.39. The minimum Gasteiger partial charge on any atom is -0.372 e. The number of carbonyl (C=O) groups excluding carboxylic acids is 1. The van der Waals surface area contributed by atoms with Crippen LogP contribution in [0.15, 0.2) is 23.4 Å². The van der Waals surface area contributed by atoms with Crippen LogP contribution in [-0.4, -0.2) is 23.8 Å². The summed E-state index contributed by atoms with van der Waals surface area (Å²) in [7, 11) is 0. The molecular weight excluding hydrogens is 210 g/mol. The van der Waals surface area contributed by atoms with Crippen molar-refractivity contribution in [1.82, 2.24) is 4.90 Å². The fraction of sp³-hybridized carbons (Fsp3) is 0.667. The molecule has 3 aliphatic rings. The van der Waals surface area contributed by atoms with Crippen molar-refractivity contribution >= 4 is 5.78 Å².